The van der Waals surface area contributed by atoms with Crippen LogP contribution in [0.1, 0.15) is 34.8 Å². The molecule has 2 aromatic heterocycles. The molecule has 41 heavy (non-hydrogen) atoms. The number of carbonyl (C=O) groups excluding carboxylic acids is 1. The minimum Gasteiger partial charge on any atom is -0.497 e. The van der Waals surface area contributed by atoms with Crippen LogP contribution in [0.5, 0.6) is 17.2 Å². The summed E-state index contributed by atoms with van der Waals surface area (Å²) in [7, 11) is 4.03. The number of amides is 1. The highest BCUT2D eigenvalue weighted by molar-refractivity contribution is 6.02. The average molecular weight is 573 g/mol. The van der Waals surface area contributed by atoms with Crippen molar-refractivity contribution in [3.63, 3.8) is 0 Å². The molecule has 4 aromatic rings. The van der Waals surface area contributed by atoms with Crippen molar-refractivity contribution < 1.29 is 36.6 Å². The van der Waals surface area contributed by atoms with Gasteiger partial charge in [-0.1, -0.05) is 0 Å². The zero-order chi connectivity index (χ0) is 29.6. The van der Waals surface area contributed by atoms with E-state index in [1.54, 1.807) is 6.07 Å². The van der Waals surface area contributed by atoms with Crippen molar-refractivity contribution in [2.24, 2.45) is 12.8 Å². The van der Waals surface area contributed by atoms with Crippen molar-refractivity contribution in [2.75, 3.05) is 14.2 Å². The smallest absolute Gasteiger partial charge is 0.387 e. The van der Waals surface area contributed by atoms with Crippen LogP contribution < -0.4 is 25.5 Å². The van der Waals surface area contributed by atoms with Crippen LogP contribution in [0.15, 0.2) is 47.3 Å². The Morgan fingerprint density at radius 1 is 0.976 bits per heavy atom. The van der Waals surface area contributed by atoms with Gasteiger partial charge in [-0.15, -0.1) is 0 Å². The second-order valence-electron chi connectivity index (χ2n) is 9.34. The molecule has 13 heteroatoms. The molecule has 0 saturated heterocycles. The van der Waals surface area contributed by atoms with Crippen LogP contribution in [-0.2, 0) is 7.05 Å². The van der Waals surface area contributed by atoms with E-state index < -0.39 is 46.6 Å². The van der Waals surface area contributed by atoms with E-state index in [1.807, 2.05) is 0 Å². The molecule has 1 aliphatic carbocycles. The first-order valence-corrected chi connectivity index (χ1v) is 12.3. The number of pyridine rings is 1. The minimum atomic E-state index is -3.23. The number of rotatable bonds is 9. The van der Waals surface area contributed by atoms with Gasteiger partial charge in [-0.05, 0) is 31.0 Å². The number of primary amides is 1. The SMILES string of the molecule is COc1cc(C2CC2)nc(-n2c(=O)c(-c3cc(OC(F)F)ccc3C(N)=O)c(-c3c(F)cc(OC)cc3F)n2C)c1. The molecule has 1 fully saturated rings. The summed E-state index contributed by atoms with van der Waals surface area (Å²) in [5.41, 5.74) is 3.45. The molecule has 2 N–H and O–H groups in total. The number of carbonyl (C=O) groups is 1. The molecular formula is C28H24F4N4O5. The highest BCUT2D eigenvalue weighted by atomic mass is 19.3. The summed E-state index contributed by atoms with van der Waals surface area (Å²) >= 11 is 0. The molecule has 1 amide bonds. The predicted octanol–water partition coefficient (Wildman–Crippen LogP) is 4.78. The number of alkyl halides is 2. The van der Waals surface area contributed by atoms with Crippen molar-refractivity contribution in [2.45, 2.75) is 25.4 Å². The molecule has 0 aliphatic heterocycles. The number of aromatic nitrogens is 3. The van der Waals surface area contributed by atoms with Gasteiger partial charge in [-0.2, -0.15) is 13.5 Å². The number of hydrogen-bond acceptors (Lipinski definition) is 6. The van der Waals surface area contributed by atoms with Crippen LogP contribution in [-0.4, -0.2) is 41.1 Å². The van der Waals surface area contributed by atoms with Crippen molar-refractivity contribution in [1.82, 2.24) is 14.3 Å². The van der Waals surface area contributed by atoms with Gasteiger partial charge in [0.05, 0.1) is 31.0 Å². The first-order chi connectivity index (χ1) is 19.5. The lowest BCUT2D eigenvalue weighted by Gasteiger charge is -2.14. The molecule has 2 aromatic carbocycles. The number of nitrogens with two attached hydrogens (primary N) is 1. The summed E-state index contributed by atoms with van der Waals surface area (Å²) in [6.07, 6.45) is 1.78. The second-order valence-corrected chi connectivity index (χ2v) is 9.34. The fourth-order valence-electron chi connectivity index (χ4n) is 4.73. The molecule has 0 spiro atoms. The van der Waals surface area contributed by atoms with E-state index >= 15 is 8.78 Å². The van der Waals surface area contributed by atoms with E-state index in [9.17, 15) is 18.4 Å². The molecule has 1 aliphatic rings. The fraction of sp³-hybridized carbons (Fsp3) is 0.250. The average Bonchev–Trinajstić information content (AvgIpc) is 3.73. The normalized spacial score (nSPS) is 13.0. The van der Waals surface area contributed by atoms with Crippen molar-refractivity contribution >= 4 is 5.91 Å². The van der Waals surface area contributed by atoms with Gasteiger partial charge in [0.1, 0.15) is 28.9 Å². The van der Waals surface area contributed by atoms with Crippen LogP contribution in [0, 0.1) is 11.6 Å². The van der Waals surface area contributed by atoms with Crippen LogP contribution in [0.2, 0.25) is 0 Å². The van der Waals surface area contributed by atoms with Gasteiger partial charge in [-0.3, -0.25) is 14.3 Å². The summed E-state index contributed by atoms with van der Waals surface area (Å²) in [6, 6.07) is 8.19. The van der Waals surface area contributed by atoms with Crippen molar-refractivity contribution in [1.29, 1.82) is 0 Å². The largest absolute Gasteiger partial charge is 0.497 e. The minimum absolute atomic E-state index is 0.0705. The van der Waals surface area contributed by atoms with E-state index in [2.05, 4.69) is 9.72 Å². The Bertz CT molecular complexity index is 1710. The lowest BCUT2D eigenvalue weighted by molar-refractivity contribution is -0.0498. The number of halogens is 4. The molecule has 214 valence electrons. The third kappa shape index (κ3) is 5.10. The van der Waals surface area contributed by atoms with E-state index in [-0.39, 0.29) is 34.3 Å². The maximum atomic E-state index is 15.5. The topological polar surface area (TPSA) is 111 Å². The molecule has 0 atom stereocenters. The van der Waals surface area contributed by atoms with Gasteiger partial charge < -0.3 is 19.9 Å². The molecule has 9 nitrogen and oxygen atoms in total. The highest BCUT2D eigenvalue weighted by Crippen LogP contribution is 2.41. The van der Waals surface area contributed by atoms with Crippen LogP contribution >= 0.6 is 0 Å². The number of ether oxygens (including phenoxy) is 3. The van der Waals surface area contributed by atoms with Crippen molar-refractivity contribution in [3.05, 3.63) is 75.7 Å². The van der Waals surface area contributed by atoms with Crippen molar-refractivity contribution in [3.8, 4) is 45.5 Å². The summed E-state index contributed by atoms with van der Waals surface area (Å²) in [5.74, 6) is -3.12. The first kappa shape index (κ1) is 27.7. The zero-order valence-electron chi connectivity index (χ0n) is 22.1. The molecule has 0 bridgehead atoms. The van der Waals surface area contributed by atoms with Crippen LogP contribution in [0.25, 0.3) is 28.2 Å². The Hall–Kier alpha value is -4.81. The summed E-state index contributed by atoms with van der Waals surface area (Å²) in [5, 5.41) is 0. The van der Waals surface area contributed by atoms with Crippen LogP contribution in [0.3, 0.4) is 0 Å². The van der Waals surface area contributed by atoms with E-state index in [1.165, 1.54) is 27.3 Å². The molecular weight excluding hydrogens is 548 g/mol. The van der Waals surface area contributed by atoms with Gasteiger partial charge in [0.2, 0.25) is 5.91 Å². The maximum absolute atomic E-state index is 15.5. The highest BCUT2D eigenvalue weighted by Gasteiger charge is 2.31. The number of benzene rings is 2. The van der Waals surface area contributed by atoms with Gasteiger partial charge in [0.15, 0.2) is 5.82 Å². The predicted molar refractivity (Wildman–Crippen MR) is 140 cm³/mol. The van der Waals surface area contributed by atoms with Gasteiger partial charge in [-0.25, -0.2) is 13.8 Å². The third-order valence-electron chi connectivity index (χ3n) is 6.76. The summed E-state index contributed by atoms with van der Waals surface area (Å²) in [6.45, 7) is -3.23. The Morgan fingerprint density at radius 2 is 1.61 bits per heavy atom. The molecule has 2 heterocycles. The van der Waals surface area contributed by atoms with E-state index in [4.69, 9.17) is 15.2 Å². The first-order valence-electron chi connectivity index (χ1n) is 12.3. The third-order valence-corrected chi connectivity index (χ3v) is 6.76. The number of methoxy groups -OCH3 is 2. The summed E-state index contributed by atoms with van der Waals surface area (Å²) in [4.78, 5) is 31.2. The lowest BCUT2D eigenvalue weighted by atomic mass is 9.95. The molecule has 0 unspecified atom stereocenters. The maximum Gasteiger partial charge on any atom is 0.387 e. The molecule has 1 saturated carbocycles. The quantitative estimate of drug-likeness (QED) is 0.289. The van der Waals surface area contributed by atoms with Crippen LogP contribution in [0.4, 0.5) is 17.6 Å². The molecule has 0 radical (unpaired) electrons. The van der Waals surface area contributed by atoms with E-state index in [0.717, 1.165) is 52.5 Å². The Balaban J connectivity index is 1.89. The van der Waals surface area contributed by atoms with Gasteiger partial charge >= 0.3 is 6.61 Å². The lowest BCUT2D eigenvalue weighted by Crippen LogP contribution is -2.22. The van der Waals surface area contributed by atoms with Gasteiger partial charge in [0.25, 0.3) is 5.56 Å². The Kier molecular flexibility index (Phi) is 7.20. The zero-order valence-corrected chi connectivity index (χ0v) is 22.1. The summed E-state index contributed by atoms with van der Waals surface area (Å²) < 4.78 is 74.2. The fourth-order valence-corrected chi connectivity index (χ4v) is 4.73. The monoisotopic (exact) mass is 572 g/mol. The second kappa shape index (κ2) is 10.6. The Morgan fingerprint density at radius 3 is 2.17 bits per heavy atom. The van der Waals surface area contributed by atoms with E-state index in [0.29, 0.717) is 11.4 Å². The number of hydrogen-bond donors (Lipinski definition) is 1. The molecule has 5 rings (SSSR count). The van der Waals surface area contributed by atoms with Gasteiger partial charge in [0, 0.05) is 54.1 Å². The Labute approximate surface area is 230 Å². The number of nitrogens with zero attached hydrogens (tertiary/aromatic N) is 3. The standard InChI is InChI=1S/C28H24F4N4O5/c1-35-25(24-19(29)9-15(39-2)10-20(24)30)23(18-8-14(41-28(31)32)6-7-17(18)26(33)37)27(38)36(35)22-12-16(40-3)11-21(34-22)13-4-5-13/h6-13,28H,4-5H2,1-3H3,(H2,33,37).